The van der Waals surface area contributed by atoms with Crippen LogP contribution in [0.4, 0.5) is 0 Å². The number of aromatic hydroxyl groups is 1. The van der Waals surface area contributed by atoms with Crippen molar-refractivity contribution in [2.45, 2.75) is 54.6 Å². The van der Waals surface area contributed by atoms with Gasteiger partial charge in [-0.2, -0.15) is 11.8 Å². The molecule has 45 heavy (non-hydrogen) atoms. The smallest absolute Gasteiger partial charge is 0.259 e. The van der Waals surface area contributed by atoms with E-state index in [9.17, 15) is 39.9 Å². The van der Waals surface area contributed by atoms with Crippen LogP contribution in [0.2, 0.25) is 0 Å². The number of ketones is 2. The van der Waals surface area contributed by atoms with Gasteiger partial charge in [0.05, 0.1) is 43.5 Å². The number of phenols is 1. The monoisotopic (exact) mass is 643 g/mol. The summed E-state index contributed by atoms with van der Waals surface area (Å²) >= 11 is 1.71. The number of aliphatic hydroxyl groups is 4. The van der Waals surface area contributed by atoms with Crippen LogP contribution in [-0.2, 0) is 19.1 Å². The Morgan fingerprint density at radius 2 is 1.82 bits per heavy atom. The van der Waals surface area contributed by atoms with Gasteiger partial charge in [0, 0.05) is 41.5 Å². The number of ether oxygens (including phenoxy) is 1. The number of aliphatic hydroxyl groups excluding tert-OH is 3. The Bertz CT molecular complexity index is 1450. The maximum Gasteiger partial charge on any atom is 0.259 e. The van der Waals surface area contributed by atoms with Crippen LogP contribution in [0.5, 0.6) is 5.75 Å². The topological polar surface area (TPSA) is 180 Å². The van der Waals surface area contributed by atoms with Crippen LogP contribution in [0, 0.1) is 11.8 Å². The number of carbonyl (C=O) groups is 3. The number of thioether (sulfide) groups is 1. The number of fused-ring (bicyclic) bond motifs is 3. The molecule has 1 saturated heterocycles. The lowest BCUT2D eigenvalue weighted by molar-refractivity contribution is -0.169. The maximum atomic E-state index is 14.5. The molecule has 1 aromatic carbocycles. The van der Waals surface area contributed by atoms with Gasteiger partial charge < -0.3 is 35.6 Å². The number of rotatable bonds is 7. The fourth-order valence-corrected chi connectivity index (χ4v) is 9.43. The summed E-state index contributed by atoms with van der Waals surface area (Å²) in [5, 5.41) is 61.3. The maximum absolute atomic E-state index is 14.5. The summed E-state index contributed by atoms with van der Waals surface area (Å²) in [7, 11) is 3.08. The highest BCUT2D eigenvalue weighted by Gasteiger charge is 2.68. The van der Waals surface area contributed by atoms with Gasteiger partial charge in [-0.1, -0.05) is 25.0 Å². The molecule has 1 heterocycles. The van der Waals surface area contributed by atoms with Gasteiger partial charge in [0.2, 0.25) is 5.78 Å². The molecule has 2 saturated carbocycles. The van der Waals surface area contributed by atoms with Gasteiger partial charge in [0.25, 0.3) is 5.91 Å². The van der Waals surface area contributed by atoms with Crippen molar-refractivity contribution in [3.05, 3.63) is 46.2 Å². The highest BCUT2D eigenvalue weighted by atomic mass is 32.2. The number of amides is 1. The quantitative estimate of drug-likeness (QED) is 0.233. The van der Waals surface area contributed by atoms with Crippen molar-refractivity contribution in [2.24, 2.45) is 11.8 Å². The number of hydrogen-bond acceptors (Lipinski definition) is 12. The van der Waals surface area contributed by atoms with E-state index in [0.29, 0.717) is 42.9 Å². The van der Waals surface area contributed by atoms with E-state index in [1.54, 1.807) is 23.9 Å². The van der Waals surface area contributed by atoms with Gasteiger partial charge in [0.15, 0.2) is 11.4 Å². The lowest BCUT2D eigenvalue weighted by Gasteiger charge is -2.54. The molecule has 0 bridgehead atoms. The Hall–Kier alpha value is -2.94. The number of benzene rings is 1. The average molecular weight is 644 g/mol. The summed E-state index contributed by atoms with van der Waals surface area (Å²) in [6.45, 7) is 2.07. The third-order valence-electron chi connectivity index (χ3n) is 10.2. The fraction of sp³-hybridized carbons (Fsp3) is 0.594. The Labute approximate surface area is 265 Å². The summed E-state index contributed by atoms with van der Waals surface area (Å²) in [5.74, 6) is -7.65. The fourth-order valence-electron chi connectivity index (χ4n) is 7.90. The second kappa shape index (κ2) is 12.3. The van der Waals surface area contributed by atoms with Crippen molar-refractivity contribution in [2.75, 3.05) is 52.8 Å². The first-order valence-corrected chi connectivity index (χ1v) is 16.6. The van der Waals surface area contributed by atoms with E-state index in [1.165, 1.54) is 25.1 Å². The van der Waals surface area contributed by atoms with Crippen LogP contribution >= 0.6 is 11.8 Å². The highest BCUT2D eigenvalue weighted by molar-refractivity contribution is 7.99. The molecule has 5 aliphatic rings. The van der Waals surface area contributed by atoms with Crippen molar-refractivity contribution in [3.8, 4) is 5.75 Å². The number of hydrogen-bond donors (Lipinski definition) is 6. The van der Waals surface area contributed by atoms with Crippen LogP contribution in [0.25, 0.3) is 5.76 Å². The van der Waals surface area contributed by atoms with E-state index in [0.717, 1.165) is 25.7 Å². The van der Waals surface area contributed by atoms with Gasteiger partial charge in [-0.15, -0.1) is 0 Å². The molecular formula is C32H41N3O9S. The molecule has 1 amide bonds. The molecule has 4 aliphatic carbocycles. The Kier molecular flexibility index (Phi) is 8.78. The van der Waals surface area contributed by atoms with Crippen LogP contribution in [-0.4, -0.2) is 129 Å². The zero-order valence-electron chi connectivity index (χ0n) is 25.4. The Balaban J connectivity index is 1.45. The SMILES string of the molecule is CN(C)[C@@H]1C(=O)C(C(=O)NCN2CCOCC2)=C(O)[C@@]2(O)C(=O)C3=C(O)c4c(O)cccc4[C@H](CSC4CCCC4)[C@H]3[C@H](O)[C@@H]12. The van der Waals surface area contributed by atoms with Crippen molar-refractivity contribution in [1.29, 1.82) is 0 Å². The first kappa shape index (κ1) is 32.0. The molecular weight excluding hydrogens is 602 g/mol. The molecule has 1 aliphatic heterocycles. The normalized spacial score (nSPS) is 32.5. The van der Waals surface area contributed by atoms with Gasteiger partial charge >= 0.3 is 0 Å². The number of likely N-dealkylation sites (N-methyl/N-ethyl adjacent to an activating group) is 1. The lowest BCUT2D eigenvalue weighted by Crippen LogP contribution is -2.70. The molecule has 0 unspecified atom stereocenters. The summed E-state index contributed by atoms with van der Waals surface area (Å²) in [5.41, 5.74) is -3.42. The van der Waals surface area contributed by atoms with Crippen LogP contribution in [0.15, 0.2) is 35.1 Å². The number of phenolic OH excluding ortho intramolecular Hbond substituents is 1. The molecule has 244 valence electrons. The molecule has 0 aromatic heterocycles. The number of nitrogens with one attached hydrogen (secondary N) is 1. The molecule has 13 heteroatoms. The Morgan fingerprint density at radius 1 is 1.13 bits per heavy atom. The van der Waals surface area contributed by atoms with E-state index >= 15 is 0 Å². The van der Waals surface area contributed by atoms with Crippen molar-refractivity contribution in [1.82, 2.24) is 15.1 Å². The summed E-state index contributed by atoms with van der Waals surface area (Å²) in [6.07, 6.45) is 2.72. The van der Waals surface area contributed by atoms with Crippen LogP contribution in [0.3, 0.4) is 0 Å². The molecule has 6 rings (SSSR count). The largest absolute Gasteiger partial charge is 0.508 e. The first-order chi connectivity index (χ1) is 21.5. The molecule has 0 radical (unpaired) electrons. The van der Waals surface area contributed by atoms with Crippen molar-refractivity contribution >= 4 is 35.0 Å². The zero-order chi connectivity index (χ0) is 32.2. The van der Waals surface area contributed by atoms with Crippen LogP contribution in [0.1, 0.15) is 42.7 Å². The summed E-state index contributed by atoms with van der Waals surface area (Å²) in [6, 6.07) is 3.40. The van der Waals surface area contributed by atoms with Crippen LogP contribution < -0.4 is 5.32 Å². The molecule has 0 spiro atoms. The minimum absolute atomic E-state index is 0.0337. The van der Waals surface area contributed by atoms with E-state index in [-0.39, 0.29) is 23.6 Å². The van der Waals surface area contributed by atoms with Gasteiger partial charge in [-0.25, -0.2) is 0 Å². The van der Waals surface area contributed by atoms with E-state index in [4.69, 9.17) is 4.74 Å². The molecule has 6 N–H and O–H groups in total. The first-order valence-electron chi connectivity index (χ1n) is 15.5. The zero-order valence-corrected chi connectivity index (χ0v) is 26.3. The van der Waals surface area contributed by atoms with Crippen molar-refractivity contribution in [3.63, 3.8) is 0 Å². The van der Waals surface area contributed by atoms with Gasteiger partial charge in [0.1, 0.15) is 22.8 Å². The second-order valence-electron chi connectivity index (χ2n) is 12.9. The van der Waals surface area contributed by atoms with E-state index in [1.807, 2.05) is 4.90 Å². The standard InChI is InChI=1S/C32H41N3O9S/c1-34(2)25-24-27(38)21-18(14-45-16-6-3-4-7-16)17-8-5-9-19(36)20(17)26(37)22(21)29(40)32(24,43)30(41)23(28(25)39)31(42)33-15-35-10-12-44-13-11-35/h5,8-9,16,18,21,24-25,27,36-38,41,43H,3-4,6-7,10-15H2,1-2H3,(H,33,42)/t18-,21+,24+,25-,27-,32-/m0/s1. The predicted octanol–water partition coefficient (Wildman–Crippen LogP) is 1.07. The number of carbonyl (C=O) groups excluding carboxylic acids is 3. The van der Waals surface area contributed by atoms with Crippen molar-refractivity contribution < 1.29 is 44.7 Å². The van der Waals surface area contributed by atoms with E-state index < -0.39 is 70.1 Å². The molecule has 6 atom stereocenters. The van der Waals surface area contributed by atoms with E-state index in [2.05, 4.69) is 5.32 Å². The van der Waals surface area contributed by atoms with Gasteiger partial charge in [-0.3, -0.25) is 24.2 Å². The lowest BCUT2D eigenvalue weighted by atomic mass is 9.54. The average Bonchev–Trinajstić information content (AvgIpc) is 3.54. The second-order valence-corrected chi connectivity index (χ2v) is 14.2. The highest BCUT2D eigenvalue weighted by Crippen LogP contribution is 2.57. The summed E-state index contributed by atoms with van der Waals surface area (Å²) < 4.78 is 5.32. The minimum atomic E-state index is -2.90. The molecule has 12 nitrogen and oxygen atoms in total. The number of Topliss-reactive ketones (excluding diaryl/α,β-unsaturated/α-hetero) is 2. The number of nitrogens with zero attached hydrogens (tertiary/aromatic N) is 2. The minimum Gasteiger partial charge on any atom is -0.508 e. The third-order valence-corrected chi connectivity index (χ3v) is 11.7. The molecule has 1 aromatic rings. The number of morpholine rings is 1. The predicted molar refractivity (Wildman–Crippen MR) is 166 cm³/mol. The summed E-state index contributed by atoms with van der Waals surface area (Å²) in [4.78, 5) is 45.2. The third kappa shape index (κ3) is 5.17. The molecule has 3 fully saturated rings. The van der Waals surface area contributed by atoms with Gasteiger partial charge in [-0.05, 0) is 38.6 Å². The Morgan fingerprint density at radius 3 is 2.49 bits per heavy atom.